The predicted octanol–water partition coefficient (Wildman–Crippen LogP) is 1.45. The quantitative estimate of drug-likeness (QED) is 0.461. The van der Waals surface area contributed by atoms with Gasteiger partial charge in [0.25, 0.3) is 0 Å². The lowest BCUT2D eigenvalue weighted by atomic mass is 10.1. The second kappa shape index (κ2) is 3.21. The first-order valence-corrected chi connectivity index (χ1v) is 3.46. The van der Waals surface area contributed by atoms with Crippen LogP contribution in [-0.4, -0.2) is 13.3 Å². The van der Waals surface area contributed by atoms with Crippen molar-refractivity contribution in [2.75, 3.05) is 18.1 Å². The highest BCUT2D eigenvalue weighted by Gasteiger charge is 2.03. The molecule has 1 aromatic rings. The molecule has 64 valence electrons. The van der Waals surface area contributed by atoms with Crippen LogP contribution in [-0.2, 0) is 0 Å². The zero-order valence-electron chi connectivity index (χ0n) is 6.69. The van der Waals surface area contributed by atoms with Crippen LogP contribution in [0.1, 0.15) is 5.56 Å². The van der Waals surface area contributed by atoms with Gasteiger partial charge in [0.05, 0.1) is 5.69 Å². The van der Waals surface area contributed by atoms with E-state index in [1.165, 1.54) is 12.1 Å². The molecular weight excluding hydrogens is 157 g/mol. The lowest BCUT2D eigenvalue weighted by molar-refractivity contribution is 0.633. The monoisotopic (exact) mass is 167 g/mol. The second-order valence-corrected chi connectivity index (χ2v) is 2.36. The Hall–Kier alpha value is -1.58. The van der Waals surface area contributed by atoms with Gasteiger partial charge in [-0.3, -0.25) is 0 Å². The van der Waals surface area contributed by atoms with Gasteiger partial charge in [-0.15, -0.1) is 0 Å². The fraction of sp³-hybridized carbons (Fsp3) is 0.125. The lowest BCUT2D eigenvalue weighted by Gasteiger charge is -2.06. The molecule has 1 aromatic carbocycles. The Kier molecular flexibility index (Phi) is 2.28. The highest BCUT2D eigenvalue weighted by atomic mass is 19.1. The van der Waals surface area contributed by atoms with E-state index in [1.54, 1.807) is 7.05 Å². The van der Waals surface area contributed by atoms with Crippen LogP contribution in [0.25, 0.3) is 0 Å². The maximum absolute atomic E-state index is 12.8. The van der Waals surface area contributed by atoms with Crippen LogP contribution >= 0.6 is 0 Å². The van der Waals surface area contributed by atoms with E-state index < -0.39 is 5.82 Å². The zero-order valence-corrected chi connectivity index (χ0v) is 6.69. The molecule has 4 heteroatoms. The fourth-order valence-electron chi connectivity index (χ4n) is 0.944. The first kappa shape index (κ1) is 8.52. The van der Waals surface area contributed by atoms with Crippen molar-refractivity contribution in [1.29, 1.82) is 5.41 Å². The standard InChI is InChI=1S/C8H10FN3/c1-12-8-3-6(9)7(11)2-5(8)4-10/h2-4,10,12H,11H2,1H3. The van der Waals surface area contributed by atoms with Crippen molar-refractivity contribution in [2.24, 2.45) is 0 Å². The van der Waals surface area contributed by atoms with Crippen molar-refractivity contribution < 1.29 is 4.39 Å². The molecule has 0 unspecified atom stereocenters. The molecule has 0 aromatic heterocycles. The molecule has 3 nitrogen and oxygen atoms in total. The number of halogens is 1. The minimum Gasteiger partial charge on any atom is -0.396 e. The summed E-state index contributed by atoms with van der Waals surface area (Å²) < 4.78 is 12.8. The molecule has 4 N–H and O–H groups in total. The molecule has 0 atom stereocenters. The molecule has 0 aliphatic rings. The van der Waals surface area contributed by atoms with Crippen LogP contribution in [0.4, 0.5) is 15.8 Å². The SMILES string of the molecule is CNc1cc(F)c(N)cc1C=N. The summed E-state index contributed by atoms with van der Waals surface area (Å²) in [6.45, 7) is 0. The highest BCUT2D eigenvalue weighted by Crippen LogP contribution is 2.20. The van der Waals surface area contributed by atoms with Crippen molar-refractivity contribution in [2.45, 2.75) is 0 Å². The average molecular weight is 167 g/mol. The maximum atomic E-state index is 12.8. The van der Waals surface area contributed by atoms with E-state index in [2.05, 4.69) is 5.32 Å². The molecular formula is C8H10FN3. The number of rotatable bonds is 2. The van der Waals surface area contributed by atoms with E-state index in [-0.39, 0.29) is 5.69 Å². The third-order valence-electron chi connectivity index (χ3n) is 1.59. The van der Waals surface area contributed by atoms with E-state index in [4.69, 9.17) is 11.1 Å². The van der Waals surface area contributed by atoms with Gasteiger partial charge < -0.3 is 16.5 Å². The van der Waals surface area contributed by atoms with Gasteiger partial charge in [-0.2, -0.15) is 0 Å². The van der Waals surface area contributed by atoms with Gasteiger partial charge in [0.15, 0.2) is 0 Å². The molecule has 1 rings (SSSR count). The van der Waals surface area contributed by atoms with Crippen molar-refractivity contribution in [3.05, 3.63) is 23.5 Å². The molecule has 0 amide bonds. The fourth-order valence-corrected chi connectivity index (χ4v) is 0.944. The molecule has 0 aliphatic carbocycles. The normalized spacial score (nSPS) is 9.50. The summed E-state index contributed by atoms with van der Waals surface area (Å²) >= 11 is 0. The Morgan fingerprint density at radius 3 is 2.75 bits per heavy atom. The predicted molar refractivity (Wildman–Crippen MR) is 48.2 cm³/mol. The van der Waals surface area contributed by atoms with E-state index in [9.17, 15) is 4.39 Å². The van der Waals surface area contributed by atoms with Gasteiger partial charge in [0.1, 0.15) is 5.82 Å². The Balaban J connectivity index is 3.28. The highest BCUT2D eigenvalue weighted by molar-refractivity contribution is 5.87. The smallest absolute Gasteiger partial charge is 0.148 e. The third kappa shape index (κ3) is 1.37. The number of nitrogens with two attached hydrogens (primary N) is 1. The van der Waals surface area contributed by atoms with Crippen LogP contribution in [0.3, 0.4) is 0 Å². The topological polar surface area (TPSA) is 61.9 Å². The van der Waals surface area contributed by atoms with Crippen LogP contribution in [0.15, 0.2) is 12.1 Å². The lowest BCUT2D eigenvalue weighted by Crippen LogP contribution is -1.99. The molecule has 12 heavy (non-hydrogen) atoms. The summed E-state index contributed by atoms with van der Waals surface area (Å²) in [4.78, 5) is 0. The van der Waals surface area contributed by atoms with Crippen molar-refractivity contribution in [3.8, 4) is 0 Å². The minimum atomic E-state index is -0.468. The molecule has 0 radical (unpaired) electrons. The Morgan fingerprint density at radius 1 is 1.58 bits per heavy atom. The van der Waals surface area contributed by atoms with Crippen molar-refractivity contribution in [3.63, 3.8) is 0 Å². The Bertz CT molecular complexity index is 309. The van der Waals surface area contributed by atoms with Crippen molar-refractivity contribution in [1.82, 2.24) is 0 Å². The second-order valence-electron chi connectivity index (χ2n) is 2.36. The van der Waals surface area contributed by atoms with Crippen LogP contribution in [0.2, 0.25) is 0 Å². The Morgan fingerprint density at radius 2 is 2.25 bits per heavy atom. The molecule has 0 saturated heterocycles. The van der Waals surface area contributed by atoms with Crippen LogP contribution in [0.5, 0.6) is 0 Å². The first-order valence-electron chi connectivity index (χ1n) is 3.46. The van der Waals surface area contributed by atoms with Gasteiger partial charge in [0.2, 0.25) is 0 Å². The van der Waals surface area contributed by atoms with Gasteiger partial charge in [0, 0.05) is 24.5 Å². The summed E-state index contributed by atoms with van der Waals surface area (Å²) in [5.74, 6) is -0.468. The molecule has 0 saturated carbocycles. The number of benzene rings is 1. The van der Waals surface area contributed by atoms with Crippen LogP contribution in [0, 0.1) is 11.2 Å². The zero-order chi connectivity index (χ0) is 9.14. The number of hydrogen-bond donors (Lipinski definition) is 3. The number of nitrogen functional groups attached to an aromatic ring is 1. The summed E-state index contributed by atoms with van der Waals surface area (Å²) in [5, 5.41) is 9.78. The number of nitrogens with one attached hydrogen (secondary N) is 2. The molecule has 0 heterocycles. The first-order chi connectivity index (χ1) is 5.69. The summed E-state index contributed by atoms with van der Waals surface area (Å²) in [6.07, 6.45) is 1.13. The van der Waals surface area contributed by atoms with Gasteiger partial charge in [-0.25, -0.2) is 4.39 Å². The molecule has 0 fully saturated rings. The largest absolute Gasteiger partial charge is 0.396 e. The van der Waals surface area contributed by atoms with E-state index in [1.807, 2.05) is 0 Å². The van der Waals surface area contributed by atoms with Gasteiger partial charge >= 0.3 is 0 Å². The summed E-state index contributed by atoms with van der Waals surface area (Å²) in [5.41, 5.74) is 6.52. The average Bonchev–Trinajstić information content (AvgIpc) is 2.09. The van der Waals surface area contributed by atoms with E-state index in [0.717, 1.165) is 6.21 Å². The van der Waals surface area contributed by atoms with Gasteiger partial charge in [-0.05, 0) is 12.1 Å². The molecule has 0 bridgehead atoms. The molecule has 0 spiro atoms. The van der Waals surface area contributed by atoms with Crippen LogP contribution < -0.4 is 11.1 Å². The van der Waals surface area contributed by atoms with E-state index >= 15 is 0 Å². The number of anilines is 2. The summed E-state index contributed by atoms with van der Waals surface area (Å²) in [6, 6.07) is 2.70. The minimum absolute atomic E-state index is 0.0625. The molecule has 0 aliphatic heterocycles. The maximum Gasteiger partial charge on any atom is 0.148 e. The Labute approximate surface area is 69.9 Å². The van der Waals surface area contributed by atoms with Crippen molar-refractivity contribution >= 4 is 17.6 Å². The van der Waals surface area contributed by atoms with E-state index in [0.29, 0.717) is 11.3 Å². The third-order valence-corrected chi connectivity index (χ3v) is 1.59. The van der Waals surface area contributed by atoms with Gasteiger partial charge in [-0.1, -0.05) is 0 Å². The number of hydrogen-bond acceptors (Lipinski definition) is 3. The summed E-state index contributed by atoms with van der Waals surface area (Å²) in [7, 11) is 1.66.